The van der Waals surface area contributed by atoms with Crippen molar-refractivity contribution >= 4 is 17.3 Å². The SMILES string of the molecule is C=CCNc1ncc(-c2cccs2)cn1. The smallest absolute Gasteiger partial charge is 0.222 e. The summed E-state index contributed by atoms with van der Waals surface area (Å²) in [5.74, 6) is 0.634. The van der Waals surface area contributed by atoms with Crippen molar-refractivity contribution in [2.45, 2.75) is 0 Å². The van der Waals surface area contributed by atoms with Crippen molar-refractivity contribution in [1.29, 1.82) is 0 Å². The van der Waals surface area contributed by atoms with Gasteiger partial charge in [0.15, 0.2) is 0 Å². The average molecular weight is 217 g/mol. The van der Waals surface area contributed by atoms with Crippen LogP contribution in [0.3, 0.4) is 0 Å². The van der Waals surface area contributed by atoms with Gasteiger partial charge in [-0.1, -0.05) is 12.1 Å². The molecule has 1 N–H and O–H groups in total. The molecule has 0 saturated heterocycles. The monoisotopic (exact) mass is 217 g/mol. The Morgan fingerprint density at radius 1 is 1.40 bits per heavy atom. The highest BCUT2D eigenvalue weighted by Crippen LogP contribution is 2.23. The Labute approximate surface area is 92.5 Å². The van der Waals surface area contributed by atoms with Crippen LogP contribution in [0.15, 0.2) is 42.6 Å². The van der Waals surface area contributed by atoms with Crippen LogP contribution in [0.5, 0.6) is 0 Å². The first kappa shape index (κ1) is 9.86. The second-order valence-electron chi connectivity index (χ2n) is 2.94. The molecule has 4 heteroatoms. The van der Waals surface area contributed by atoms with Crippen LogP contribution in [0.1, 0.15) is 0 Å². The first-order chi connectivity index (χ1) is 7.40. The fourth-order valence-corrected chi connectivity index (χ4v) is 1.86. The highest BCUT2D eigenvalue weighted by Gasteiger charge is 1.99. The molecule has 0 amide bonds. The van der Waals surface area contributed by atoms with Crippen LogP contribution < -0.4 is 5.32 Å². The highest BCUT2D eigenvalue weighted by atomic mass is 32.1. The number of aromatic nitrogens is 2. The molecule has 0 fully saturated rings. The molecule has 0 bridgehead atoms. The van der Waals surface area contributed by atoms with Gasteiger partial charge in [-0.25, -0.2) is 9.97 Å². The van der Waals surface area contributed by atoms with Gasteiger partial charge in [0.1, 0.15) is 0 Å². The van der Waals surface area contributed by atoms with Crippen LogP contribution in [0.4, 0.5) is 5.95 Å². The van der Waals surface area contributed by atoms with E-state index >= 15 is 0 Å². The molecule has 76 valence electrons. The van der Waals surface area contributed by atoms with E-state index in [1.807, 2.05) is 23.8 Å². The maximum absolute atomic E-state index is 4.21. The summed E-state index contributed by atoms with van der Waals surface area (Å²) in [5.41, 5.74) is 1.05. The fourth-order valence-electron chi connectivity index (χ4n) is 1.15. The predicted molar refractivity (Wildman–Crippen MR) is 64.0 cm³/mol. The van der Waals surface area contributed by atoms with Gasteiger partial charge in [-0.2, -0.15) is 0 Å². The molecular weight excluding hydrogens is 206 g/mol. The van der Waals surface area contributed by atoms with Gasteiger partial charge in [0, 0.05) is 29.4 Å². The molecule has 0 spiro atoms. The van der Waals surface area contributed by atoms with E-state index < -0.39 is 0 Å². The van der Waals surface area contributed by atoms with Gasteiger partial charge in [0.25, 0.3) is 0 Å². The zero-order valence-electron chi connectivity index (χ0n) is 8.18. The Morgan fingerprint density at radius 2 is 2.20 bits per heavy atom. The number of hydrogen-bond donors (Lipinski definition) is 1. The molecule has 2 rings (SSSR count). The molecule has 3 nitrogen and oxygen atoms in total. The second kappa shape index (κ2) is 4.70. The molecule has 0 aliphatic heterocycles. The maximum Gasteiger partial charge on any atom is 0.222 e. The number of rotatable bonds is 4. The third-order valence-electron chi connectivity index (χ3n) is 1.86. The summed E-state index contributed by atoms with van der Waals surface area (Å²) in [7, 11) is 0. The van der Waals surface area contributed by atoms with Gasteiger partial charge in [0.2, 0.25) is 5.95 Å². The molecule has 0 radical (unpaired) electrons. The Bertz CT molecular complexity index is 420. The summed E-state index contributed by atoms with van der Waals surface area (Å²) in [6.07, 6.45) is 5.42. The lowest BCUT2D eigenvalue weighted by Crippen LogP contribution is -2.02. The zero-order valence-corrected chi connectivity index (χ0v) is 9.00. The highest BCUT2D eigenvalue weighted by molar-refractivity contribution is 7.13. The molecule has 15 heavy (non-hydrogen) atoms. The van der Waals surface area contributed by atoms with E-state index in [0.717, 1.165) is 5.56 Å². The Morgan fingerprint density at radius 3 is 2.80 bits per heavy atom. The van der Waals surface area contributed by atoms with Crippen molar-refractivity contribution in [2.24, 2.45) is 0 Å². The number of nitrogens with one attached hydrogen (secondary N) is 1. The summed E-state index contributed by atoms with van der Waals surface area (Å²) in [4.78, 5) is 9.60. The van der Waals surface area contributed by atoms with Gasteiger partial charge in [0.05, 0.1) is 0 Å². The van der Waals surface area contributed by atoms with Crippen LogP contribution >= 0.6 is 11.3 Å². The predicted octanol–water partition coefficient (Wildman–Crippen LogP) is 2.80. The van der Waals surface area contributed by atoms with Crippen LogP contribution in [0.2, 0.25) is 0 Å². The number of thiophene rings is 1. The Kier molecular flexibility index (Phi) is 3.09. The normalized spacial score (nSPS) is 9.87. The van der Waals surface area contributed by atoms with Crippen molar-refractivity contribution in [3.05, 3.63) is 42.6 Å². The van der Waals surface area contributed by atoms with Crippen molar-refractivity contribution in [3.8, 4) is 10.4 Å². The topological polar surface area (TPSA) is 37.8 Å². The minimum absolute atomic E-state index is 0.634. The van der Waals surface area contributed by atoms with E-state index in [-0.39, 0.29) is 0 Å². The summed E-state index contributed by atoms with van der Waals surface area (Å²) < 4.78 is 0. The lowest BCUT2D eigenvalue weighted by molar-refractivity contribution is 1.12. The largest absolute Gasteiger partial charge is 0.351 e. The zero-order chi connectivity index (χ0) is 10.5. The quantitative estimate of drug-likeness (QED) is 0.800. The Balaban J connectivity index is 2.14. The van der Waals surface area contributed by atoms with Crippen molar-refractivity contribution in [3.63, 3.8) is 0 Å². The standard InChI is InChI=1S/C11H11N3S/c1-2-5-12-11-13-7-9(8-14-11)10-4-3-6-15-10/h2-4,6-8H,1,5H2,(H,12,13,14). The summed E-state index contributed by atoms with van der Waals surface area (Å²) in [5, 5.41) is 5.07. The number of nitrogens with zero attached hydrogens (tertiary/aromatic N) is 2. The van der Waals surface area contributed by atoms with E-state index in [2.05, 4.69) is 27.9 Å². The molecule has 2 heterocycles. The molecule has 2 aromatic heterocycles. The Hall–Kier alpha value is -1.68. The summed E-state index contributed by atoms with van der Waals surface area (Å²) >= 11 is 1.68. The van der Waals surface area contributed by atoms with Gasteiger partial charge in [-0.3, -0.25) is 0 Å². The van der Waals surface area contributed by atoms with E-state index in [0.29, 0.717) is 12.5 Å². The van der Waals surface area contributed by atoms with Gasteiger partial charge in [-0.15, -0.1) is 17.9 Å². The molecule has 0 aliphatic carbocycles. The molecule has 0 aliphatic rings. The maximum atomic E-state index is 4.21. The molecule has 2 aromatic rings. The van der Waals surface area contributed by atoms with Gasteiger partial charge >= 0.3 is 0 Å². The van der Waals surface area contributed by atoms with Crippen LogP contribution in [0, 0.1) is 0 Å². The van der Waals surface area contributed by atoms with Crippen molar-refractivity contribution < 1.29 is 0 Å². The molecule has 0 atom stereocenters. The summed E-state index contributed by atoms with van der Waals surface area (Å²) in [6, 6.07) is 4.07. The minimum atomic E-state index is 0.634. The molecular formula is C11H11N3S. The first-order valence-corrected chi connectivity index (χ1v) is 5.49. The van der Waals surface area contributed by atoms with E-state index in [1.165, 1.54) is 4.88 Å². The molecule has 0 saturated carbocycles. The number of anilines is 1. The minimum Gasteiger partial charge on any atom is -0.351 e. The lowest BCUT2D eigenvalue weighted by atomic mass is 10.3. The van der Waals surface area contributed by atoms with Crippen molar-refractivity contribution in [1.82, 2.24) is 9.97 Å². The first-order valence-electron chi connectivity index (χ1n) is 4.61. The van der Waals surface area contributed by atoms with E-state index in [9.17, 15) is 0 Å². The van der Waals surface area contributed by atoms with E-state index in [1.54, 1.807) is 17.4 Å². The van der Waals surface area contributed by atoms with Crippen LogP contribution in [0.25, 0.3) is 10.4 Å². The van der Waals surface area contributed by atoms with Crippen LogP contribution in [-0.4, -0.2) is 16.5 Å². The van der Waals surface area contributed by atoms with Gasteiger partial charge in [-0.05, 0) is 11.4 Å². The lowest BCUT2D eigenvalue weighted by Gasteiger charge is -2.01. The average Bonchev–Trinajstić information content (AvgIpc) is 2.80. The number of hydrogen-bond acceptors (Lipinski definition) is 4. The van der Waals surface area contributed by atoms with Crippen LogP contribution in [-0.2, 0) is 0 Å². The van der Waals surface area contributed by atoms with Crippen molar-refractivity contribution in [2.75, 3.05) is 11.9 Å². The van der Waals surface area contributed by atoms with E-state index in [4.69, 9.17) is 0 Å². The third-order valence-corrected chi connectivity index (χ3v) is 2.78. The molecule has 0 unspecified atom stereocenters. The molecule has 0 aromatic carbocycles. The second-order valence-corrected chi connectivity index (χ2v) is 3.89. The summed E-state index contributed by atoms with van der Waals surface area (Å²) in [6.45, 7) is 4.30. The van der Waals surface area contributed by atoms with Gasteiger partial charge < -0.3 is 5.32 Å². The third kappa shape index (κ3) is 2.41. The fraction of sp³-hybridized carbons (Fsp3) is 0.0909.